The molecule has 3 aromatic carbocycles. The van der Waals surface area contributed by atoms with Crippen molar-refractivity contribution < 1.29 is 22.9 Å². The van der Waals surface area contributed by atoms with Crippen molar-refractivity contribution in [2.75, 3.05) is 11.9 Å². The number of amides is 2. The van der Waals surface area contributed by atoms with E-state index in [1.54, 1.807) is 30.3 Å². The van der Waals surface area contributed by atoms with Gasteiger partial charge in [-0.1, -0.05) is 61.4 Å². The lowest BCUT2D eigenvalue weighted by atomic mass is 9.79. The summed E-state index contributed by atoms with van der Waals surface area (Å²) in [6, 6.07) is 22.4. The van der Waals surface area contributed by atoms with Crippen LogP contribution in [0.15, 0.2) is 72.8 Å². The smallest absolute Gasteiger partial charge is 0.410 e. The molecule has 3 aromatic rings. The number of anilines is 1. The van der Waals surface area contributed by atoms with E-state index in [0.717, 1.165) is 30.4 Å². The summed E-state index contributed by atoms with van der Waals surface area (Å²) < 4.78 is 37.4. The highest BCUT2D eigenvalue weighted by molar-refractivity contribution is 7.84. The number of rotatable bonds is 11. The number of ether oxygens (including phenoxy) is 1. The number of nitrogens with one attached hydrogen (secondary N) is 2. The zero-order valence-corrected chi connectivity index (χ0v) is 27.4. The summed E-state index contributed by atoms with van der Waals surface area (Å²) in [4.78, 5) is 27.9. The fourth-order valence-corrected chi connectivity index (χ4v) is 6.74. The first kappa shape index (κ1) is 33.3. The minimum absolute atomic E-state index is 0.0393. The van der Waals surface area contributed by atoms with Gasteiger partial charge in [0.2, 0.25) is 5.91 Å². The number of carbonyl (C=O) groups excluding carboxylic acids is 2. The van der Waals surface area contributed by atoms with Gasteiger partial charge < -0.3 is 10.1 Å². The van der Waals surface area contributed by atoms with E-state index in [1.807, 2.05) is 57.2 Å². The summed E-state index contributed by atoms with van der Waals surface area (Å²) in [5, 5.41) is 12.4. The molecular formula is C36H41FN4O4S. The van der Waals surface area contributed by atoms with Crippen LogP contribution >= 0.6 is 0 Å². The second kappa shape index (κ2) is 14.1. The van der Waals surface area contributed by atoms with Crippen LogP contribution in [0.25, 0.3) is 0 Å². The lowest BCUT2D eigenvalue weighted by molar-refractivity contribution is -0.120. The van der Waals surface area contributed by atoms with Crippen molar-refractivity contribution in [2.24, 2.45) is 5.92 Å². The van der Waals surface area contributed by atoms with E-state index >= 15 is 4.39 Å². The predicted octanol–water partition coefficient (Wildman–Crippen LogP) is 6.92. The van der Waals surface area contributed by atoms with E-state index in [9.17, 15) is 19.1 Å². The van der Waals surface area contributed by atoms with Crippen molar-refractivity contribution in [2.45, 2.75) is 82.2 Å². The third kappa shape index (κ3) is 7.83. The van der Waals surface area contributed by atoms with Crippen LogP contribution < -0.4 is 10.0 Å². The summed E-state index contributed by atoms with van der Waals surface area (Å²) in [6.07, 6.45) is 4.07. The summed E-state index contributed by atoms with van der Waals surface area (Å²) >= 11 is 0. The second-order valence-corrected chi connectivity index (χ2v) is 15.1. The number of nitriles is 1. The first-order valence-corrected chi connectivity index (χ1v) is 16.9. The van der Waals surface area contributed by atoms with Crippen molar-refractivity contribution in [1.82, 2.24) is 9.62 Å². The van der Waals surface area contributed by atoms with Gasteiger partial charge in [-0.2, -0.15) is 5.26 Å². The van der Waals surface area contributed by atoms with Gasteiger partial charge in [-0.15, -0.1) is 0 Å². The lowest BCUT2D eigenvalue weighted by Crippen LogP contribution is -2.49. The van der Waals surface area contributed by atoms with E-state index in [-0.39, 0.29) is 12.3 Å². The Morgan fingerprint density at radius 2 is 1.76 bits per heavy atom. The molecule has 46 heavy (non-hydrogen) atoms. The standard InChI is InChI=1S/C36H41FN4O4S/c1-35(2,3)46(44)40-36(19-18-25-14-15-25,28-12-7-11-27(21-28)23-38)29-16-17-30(37)31(22-29)39-33(42)32-13-8-20-41(32)34(43)45-24-26-9-5-4-6-10-26/h4-7,9-12,16-17,21-22,25,32,40H,8,13-15,18-20,24H2,1-3H3,(H,39,42)/t32-,36?,46+/m1/s1. The Balaban J connectivity index is 1.45. The number of likely N-dealkylation sites (tertiary alicyclic amines) is 1. The molecule has 1 aliphatic heterocycles. The monoisotopic (exact) mass is 644 g/mol. The van der Waals surface area contributed by atoms with Crippen molar-refractivity contribution in [3.8, 4) is 6.07 Å². The van der Waals surface area contributed by atoms with Gasteiger partial charge in [0.15, 0.2) is 0 Å². The quantitative estimate of drug-likeness (QED) is 0.235. The topological polar surface area (TPSA) is 112 Å². The molecular weight excluding hydrogens is 603 g/mol. The van der Waals surface area contributed by atoms with Crippen LogP contribution in [0.1, 0.15) is 81.5 Å². The lowest BCUT2D eigenvalue weighted by Gasteiger charge is -2.38. The van der Waals surface area contributed by atoms with Gasteiger partial charge in [-0.3, -0.25) is 9.69 Å². The highest BCUT2D eigenvalue weighted by Crippen LogP contribution is 2.43. The Morgan fingerprint density at radius 3 is 2.46 bits per heavy atom. The molecule has 10 heteroatoms. The average Bonchev–Trinajstić information content (AvgIpc) is 3.75. The Hall–Kier alpha value is -4.07. The fraction of sp³-hybridized carbons (Fsp3) is 0.417. The number of benzene rings is 3. The molecule has 1 saturated heterocycles. The number of nitrogens with zero attached hydrogens (tertiary/aromatic N) is 2. The predicted molar refractivity (Wildman–Crippen MR) is 176 cm³/mol. The molecule has 1 unspecified atom stereocenters. The molecule has 242 valence electrons. The number of hydrogen-bond acceptors (Lipinski definition) is 5. The molecule has 1 saturated carbocycles. The molecule has 3 atom stereocenters. The molecule has 2 amide bonds. The maximum atomic E-state index is 15.4. The van der Waals surface area contributed by atoms with Crippen molar-refractivity contribution in [1.29, 1.82) is 5.26 Å². The zero-order chi connectivity index (χ0) is 32.9. The Bertz CT molecular complexity index is 1630. The number of carbonyl (C=O) groups is 2. The van der Waals surface area contributed by atoms with Crippen LogP contribution in [-0.4, -0.2) is 38.4 Å². The first-order valence-electron chi connectivity index (χ1n) is 15.8. The number of halogens is 1. The minimum atomic E-state index is -1.53. The molecule has 5 rings (SSSR count). The Morgan fingerprint density at radius 1 is 1.02 bits per heavy atom. The average molecular weight is 645 g/mol. The van der Waals surface area contributed by atoms with Crippen LogP contribution in [0.5, 0.6) is 0 Å². The largest absolute Gasteiger partial charge is 0.445 e. The van der Waals surface area contributed by atoms with Crippen LogP contribution in [0.4, 0.5) is 14.9 Å². The normalized spacial score (nSPS) is 18.3. The summed E-state index contributed by atoms with van der Waals surface area (Å²) in [5.74, 6) is -0.600. The molecule has 2 fully saturated rings. The van der Waals surface area contributed by atoms with Gasteiger partial charge in [0.25, 0.3) is 0 Å². The third-order valence-electron chi connectivity index (χ3n) is 8.64. The van der Waals surface area contributed by atoms with Crippen LogP contribution in [0, 0.1) is 23.1 Å². The van der Waals surface area contributed by atoms with Crippen LogP contribution in [0.2, 0.25) is 0 Å². The molecule has 2 aliphatic rings. The van der Waals surface area contributed by atoms with Crippen LogP contribution in [0.3, 0.4) is 0 Å². The molecule has 1 heterocycles. The van der Waals surface area contributed by atoms with Crippen molar-refractivity contribution in [3.05, 3.63) is 101 Å². The molecule has 1 aliphatic carbocycles. The maximum Gasteiger partial charge on any atom is 0.410 e. The first-order chi connectivity index (χ1) is 22.0. The van der Waals surface area contributed by atoms with Crippen LogP contribution in [-0.2, 0) is 32.7 Å². The summed E-state index contributed by atoms with van der Waals surface area (Å²) in [7, 11) is -1.53. The van der Waals surface area contributed by atoms with Crippen molar-refractivity contribution in [3.63, 3.8) is 0 Å². The third-order valence-corrected chi connectivity index (χ3v) is 10.3. The van der Waals surface area contributed by atoms with Crippen molar-refractivity contribution >= 4 is 28.7 Å². The van der Waals surface area contributed by atoms with Gasteiger partial charge in [-0.05, 0) is 93.3 Å². The van der Waals surface area contributed by atoms with E-state index in [4.69, 9.17) is 4.74 Å². The van der Waals surface area contributed by atoms with E-state index < -0.39 is 45.1 Å². The van der Waals surface area contributed by atoms with Gasteiger partial charge in [0.05, 0.1) is 38.6 Å². The minimum Gasteiger partial charge on any atom is -0.445 e. The highest BCUT2D eigenvalue weighted by Gasteiger charge is 2.41. The van der Waals surface area contributed by atoms with Gasteiger partial charge in [-0.25, -0.2) is 18.1 Å². The molecule has 0 spiro atoms. The summed E-state index contributed by atoms with van der Waals surface area (Å²) in [5.41, 5.74) is 1.55. The molecule has 0 aromatic heterocycles. The molecule has 0 radical (unpaired) electrons. The summed E-state index contributed by atoms with van der Waals surface area (Å²) in [6.45, 7) is 6.07. The molecule has 8 nitrogen and oxygen atoms in total. The number of hydrogen-bond donors (Lipinski definition) is 2. The molecule has 0 bridgehead atoms. The van der Waals surface area contributed by atoms with E-state index in [1.165, 1.54) is 11.0 Å². The SMILES string of the molecule is CC(C)(C)[S@](=O)NC(CCC1CC1)(c1cccc(C#N)c1)c1ccc(F)c(NC(=O)[C@H]2CCCN2C(=O)OCc2ccccc2)c1. The molecule has 2 N–H and O–H groups in total. The van der Waals surface area contributed by atoms with E-state index in [0.29, 0.717) is 42.9 Å². The van der Waals surface area contributed by atoms with E-state index in [2.05, 4.69) is 16.1 Å². The van der Waals surface area contributed by atoms with Gasteiger partial charge >= 0.3 is 6.09 Å². The Labute approximate surface area is 272 Å². The van der Waals surface area contributed by atoms with Gasteiger partial charge in [0.1, 0.15) is 18.5 Å². The zero-order valence-electron chi connectivity index (χ0n) is 26.6. The maximum absolute atomic E-state index is 15.4. The second-order valence-electron chi connectivity index (χ2n) is 13.1. The highest BCUT2D eigenvalue weighted by atomic mass is 32.2. The Kier molecular flexibility index (Phi) is 10.2. The fourth-order valence-electron chi connectivity index (χ4n) is 5.78. The van der Waals surface area contributed by atoms with Gasteiger partial charge in [0, 0.05) is 6.54 Å².